The van der Waals surface area contributed by atoms with Crippen LogP contribution in [0, 0.1) is 0 Å². The molecule has 1 heterocycles. The number of rotatable bonds is 2. The van der Waals surface area contributed by atoms with Gasteiger partial charge in [0.05, 0.1) is 4.08 Å². The van der Waals surface area contributed by atoms with Crippen molar-refractivity contribution >= 4 is 39.5 Å². The van der Waals surface area contributed by atoms with Gasteiger partial charge in [0.1, 0.15) is 0 Å². The fourth-order valence-electron chi connectivity index (χ4n) is 1.73. The van der Waals surface area contributed by atoms with Crippen molar-refractivity contribution in [2.75, 3.05) is 11.5 Å². The molecule has 1 aromatic carbocycles. The smallest absolute Gasteiger partial charge is 0.0858 e. The molecule has 0 N–H and O–H groups in total. The summed E-state index contributed by atoms with van der Waals surface area (Å²) in [6.45, 7) is 2.29. The van der Waals surface area contributed by atoms with E-state index in [2.05, 4.69) is 70.6 Å². The van der Waals surface area contributed by atoms with E-state index in [4.69, 9.17) is 0 Å². The highest BCUT2D eigenvalue weighted by molar-refractivity contribution is 9.10. The van der Waals surface area contributed by atoms with Gasteiger partial charge in [0.15, 0.2) is 0 Å². The number of thioether (sulfide) groups is 2. The molecule has 0 unspecified atom stereocenters. The normalized spacial score (nSPS) is 19.9. The molecule has 0 nitrogen and oxygen atoms in total. The van der Waals surface area contributed by atoms with Crippen LogP contribution in [0.5, 0.6) is 0 Å². The summed E-state index contributed by atoms with van der Waals surface area (Å²) in [6.07, 6.45) is 1.21. The summed E-state index contributed by atoms with van der Waals surface area (Å²) in [5, 5.41) is 0. The van der Waals surface area contributed by atoms with Crippen molar-refractivity contribution < 1.29 is 0 Å². The number of benzene rings is 1. The van der Waals surface area contributed by atoms with Crippen molar-refractivity contribution in [3.05, 3.63) is 34.3 Å². The van der Waals surface area contributed by atoms with Gasteiger partial charge in [-0.3, -0.25) is 0 Å². The highest BCUT2D eigenvalue weighted by Gasteiger charge is 2.35. The molecule has 0 amide bonds. The van der Waals surface area contributed by atoms with E-state index in [-0.39, 0.29) is 0 Å². The van der Waals surface area contributed by atoms with Gasteiger partial charge in [0.25, 0.3) is 0 Å². The average molecular weight is 289 g/mol. The third kappa shape index (κ3) is 2.00. The second-order valence-corrected chi connectivity index (χ2v) is 7.27. The Kier molecular flexibility index (Phi) is 3.50. The van der Waals surface area contributed by atoms with E-state index in [9.17, 15) is 0 Å². The number of hydrogen-bond donors (Lipinski definition) is 0. The molecule has 1 aliphatic rings. The molecule has 0 radical (unpaired) electrons. The van der Waals surface area contributed by atoms with Crippen molar-refractivity contribution in [1.29, 1.82) is 0 Å². The number of hydrogen-bond acceptors (Lipinski definition) is 2. The molecular weight excluding hydrogens is 276 g/mol. The monoisotopic (exact) mass is 288 g/mol. The lowest BCUT2D eigenvalue weighted by Gasteiger charge is -2.26. The van der Waals surface area contributed by atoms with E-state index < -0.39 is 0 Å². The summed E-state index contributed by atoms with van der Waals surface area (Å²) in [5.74, 6) is 2.57. The lowest BCUT2D eigenvalue weighted by Crippen LogP contribution is -2.12. The van der Waals surface area contributed by atoms with E-state index in [1.54, 1.807) is 0 Å². The van der Waals surface area contributed by atoms with Crippen LogP contribution in [-0.2, 0) is 4.08 Å². The van der Waals surface area contributed by atoms with E-state index >= 15 is 0 Å². The van der Waals surface area contributed by atoms with Crippen molar-refractivity contribution in [2.24, 2.45) is 0 Å². The van der Waals surface area contributed by atoms with Gasteiger partial charge in [-0.1, -0.05) is 35.0 Å². The maximum Gasteiger partial charge on any atom is 0.0858 e. The SMILES string of the molecule is CCC1(c2ccc(Br)cc2)SCCS1. The number of halogens is 1. The highest BCUT2D eigenvalue weighted by atomic mass is 79.9. The predicted octanol–water partition coefficient (Wildman–Crippen LogP) is 4.49. The quantitative estimate of drug-likeness (QED) is 0.786. The first-order valence-corrected chi connectivity index (χ1v) is 7.57. The molecule has 1 aliphatic heterocycles. The molecule has 2 rings (SSSR count). The Balaban J connectivity index is 2.31. The zero-order valence-electron chi connectivity index (χ0n) is 8.13. The summed E-state index contributed by atoms with van der Waals surface area (Å²) in [5.41, 5.74) is 1.47. The Bertz CT molecular complexity index is 302. The molecule has 14 heavy (non-hydrogen) atoms. The van der Waals surface area contributed by atoms with Gasteiger partial charge >= 0.3 is 0 Å². The first kappa shape index (κ1) is 10.9. The van der Waals surface area contributed by atoms with E-state index in [1.807, 2.05) is 0 Å². The zero-order valence-corrected chi connectivity index (χ0v) is 11.3. The van der Waals surface area contributed by atoms with Crippen molar-refractivity contribution in [2.45, 2.75) is 17.4 Å². The van der Waals surface area contributed by atoms with Crippen LogP contribution in [0.4, 0.5) is 0 Å². The van der Waals surface area contributed by atoms with Crippen LogP contribution in [0.25, 0.3) is 0 Å². The standard InChI is InChI=1S/C11H13BrS2/c1-2-11(13-7-8-14-11)9-3-5-10(12)6-4-9/h3-6H,2,7-8H2,1H3. The van der Waals surface area contributed by atoms with Gasteiger partial charge in [-0.15, -0.1) is 23.5 Å². The van der Waals surface area contributed by atoms with E-state index in [1.165, 1.54) is 28.0 Å². The van der Waals surface area contributed by atoms with Gasteiger partial charge in [-0.25, -0.2) is 0 Å². The lowest BCUT2D eigenvalue weighted by molar-refractivity contribution is 0.839. The topological polar surface area (TPSA) is 0 Å². The maximum atomic E-state index is 3.48. The minimum atomic E-state index is 0.334. The molecule has 0 atom stereocenters. The third-order valence-corrected chi connectivity index (χ3v) is 6.80. The Morgan fingerprint density at radius 1 is 1.21 bits per heavy atom. The van der Waals surface area contributed by atoms with Gasteiger partial charge in [0.2, 0.25) is 0 Å². The van der Waals surface area contributed by atoms with Crippen molar-refractivity contribution in [1.82, 2.24) is 0 Å². The van der Waals surface area contributed by atoms with Gasteiger partial charge < -0.3 is 0 Å². The Hall–Kier alpha value is 0.400. The molecule has 1 aromatic rings. The molecule has 1 saturated heterocycles. The predicted molar refractivity (Wildman–Crippen MR) is 71.0 cm³/mol. The lowest BCUT2D eigenvalue weighted by atomic mass is 10.1. The molecule has 0 bridgehead atoms. The Morgan fingerprint density at radius 2 is 1.79 bits per heavy atom. The Morgan fingerprint density at radius 3 is 2.29 bits per heavy atom. The van der Waals surface area contributed by atoms with Crippen LogP contribution in [0.1, 0.15) is 18.9 Å². The molecule has 1 fully saturated rings. The second kappa shape index (κ2) is 4.50. The third-order valence-electron chi connectivity index (χ3n) is 2.50. The largest absolute Gasteiger partial charge is 0.139 e. The fourth-order valence-corrected chi connectivity index (χ4v) is 5.17. The molecular formula is C11H13BrS2. The molecule has 76 valence electrons. The Labute approximate surface area is 102 Å². The highest BCUT2D eigenvalue weighted by Crippen LogP contribution is 2.54. The molecule has 3 heteroatoms. The zero-order chi connectivity index (χ0) is 10.0. The summed E-state index contributed by atoms with van der Waals surface area (Å²) < 4.78 is 1.50. The summed E-state index contributed by atoms with van der Waals surface area (Å²) in [6, 6.07) is 8.79. The second-order valence-electron chi connectivity index (χ2n) is 3.31. The van der Waals surface area contributed by atoms with Crippen LogP contribution >= 0.6 is 39.5 Å². The van der Waals surface area contributed by atoms with Crippen LogP contribution < -0.4 is 0 Å². The van der Waals surface area contributed by atoms with Crippen molar-refractivity contribution in [3.8, 4) is 0 Å². The molecule has 0 spiro atoms. The first-order chi connectivity index (χ1) is 6.77. The van der Waals surface area contributed by atoms with E-state index in [0.29, 0.717) is 4.08 Å². The van der Waals surface area contributed by atoms with Gasteiger partial charge in [0, 0.05) is 16.0 Å². The van der Waals surface area contributed by atoms with Gasteiger partial charge in [-0.2, -0.15) is 0 Å². The van der Waals surface area contributed by atoms with Crippen LogP contribution in [0.2, 0.25) is 0 Å². The fraction of sp³-hybridized carbons (Fsp3) is 0.455. The average Bonchev–Trinajstić information content (AvgIpc) is 2.68. The van der Waals surface area contributed by atoms with E-state index in [0.717, 1.165) is 0 Å². The van der Waals surface area contributed by atoms with Crippen LogP contribution in [0.15, 0.2) is 28.7 Å². The minimum absolute atomic E-state index is 0.334. The first-order valence-electron chi connectivity index (χ1n) is 4.81. The van der Waals surface area contributed by atoms with Crippen LogP contribution in [-0.4, -0.2) is 11.5 Å². The summed E-state index contributed by atoms with van der Waals surface area (Å²) in [7, 11) is 0. The van der Waals surface area contributed by atoms with Crippen molar-refractivity contribution in [3.63, 3.8) is 0 Å². The molecule has 0 aromatic heterocycles. The molecule has 0 aliphatic carbocycles. The summed E-state index contributed by atoms with van der Waals surface area (Å²) >= 11 is 7.67. The maximum absolute atomic E-state index is 3.48. The minimum Gasteiger partial charge on any atom is -0.139 e. The molecule has 0 saturated carbocycles. The van der Waals surface area contributed by atoms with Gasteiger partial charge in [-0.05, 0) is 24.1 Å². The summed E-state index contributed by atoms with van der Waals surface area (Å²) in [4.78, 5) is 0. The van der Waals surface area contributed by atoms with Crippen LogP contribution in [0.3, 0.4) is 0 Å².